The van der Waals surface area contributed by atoms with E-state index in [2.05, 4.69) is 10.4 Å². The number of nitrogens with one attached hydrogen (secondary N) is 1. The van der Waals surface area contributed by atoms with Gasteiger partial charge in [-0.1, -0.05) is 48.5 Å². The topological polar surface area (TPSA) is 75.5 Å². The van der Waals surface area contributed by atoms with Crippen LogP contribution in [0.1, 0.15) is 18.7 Å². The van der Waals surface area contributed by atoms with Gasteiger partial charge in [0.05, 0.1) is 24.6 Å². The number of carbonyl (C=O) groups excluding carboxylic acids is 1. The van der Waals surface area contributed by atoms with E-state index in [1.807, 2.05) is 31.2 Å². The van der Waals surface area contributed by atoms with Gasteiger partial charge in [-0.3, -0.25) is 15.1 Å². The van der Waals surface area contributed by atoms with Gasteiger partial charge in [0.1, 0.15) is 5.70 Å². The molecule has 9 heteroatoms. The number of ether oxygens (including phenoxy) is 2. The van der Waals surface area contributed by atoms with E-state index >= 15 is 0 Å². The van der Waals surface area contributed by atoms with Crippen molar-refractivity contribution in [2.45, 2.75) is 13.1 Å². The smallest absolute Gasteiger partial charge is 0.276 e. The van der Waals surface area contributed by atoms with Crippen LogP contribution in [0.25, 0.3) is 5.70 Å². The number of amidine groups is 1. The molecular formula is C20H19ClN4O3S. The minimum Gasteiger partial charge on any atom is -0.493 e. The third-order valence-electron chi connectivity index (χ3n) is 4.58. The number of halogens is 1. The zero-order valence-electron chi connectivity index (χ0n) is 16.1. The molecule has 2 aliphatic rings. The summed E-state index contributed by atoms with van der Waals surface area (Å²) in [5.41, 5.74) is 1.10. The van der Waals surface area contributed by atoms with Gasteiger partial charge in [-0.2, -0.15) is 0 Å². The van der Waals surface area contributed by atoms with Crippen LogP contribution in [0, 0.1) is 0 Å². The van der Waals surface area contributed by atoms with Gasteiger partial charge in [-0.15, -0.1) is 5.10 Å². The number of hydrogen-bond acceptors (Lipinski definition) is 7. The second kappa shape index (κ2) is 7.96. The Bertz CT molecular complexity index is 1140. The number of para-hydroxylation sites is 1. The molecule has 0 aromatic heterocycles. The molecule has 2 heterocycles. The third-order valence-corrected chi connectivity index (χ3v) is 5.65. The molecule has 4 rings (SSSR count). The van der Waals surface area contributed by atoms with Gasteiger partial charge in [-0.25, -0.2) is 5.01 Å². The molecule has 2 aliphatic heterocycles. The van der Waals surface area contributed by atoms with Gasteiger partial charge >= 0.3 is 0 Å². The molecule has 0 aliphatic carbocycles. The summed E-state index contributed by atoms with van der Waals surface area (Å²) in [7, 11) is 3.11. The summed E-state index contributed by atoms with van der Waals surface area (Å²) in [5.74, 6) is 1.59. The average molecular weight is 431 g/mol. The van der Waals surface area contributed by atoms with Crippen LogP contribution in [0.2, 0.25) is 5.02 Å². The first kappa shape index (κ1) is 19.6. The lowest BCUT2D eigenvalue weighted by molar-refractivity contribution is -0.116. The third kappa shape index (κ3) is 3.42. The van der Waals surface area contributed by atoms with Crippen molar-refractivity contribution in [1.82, 2.24) is 10.3 Å². The maximum Gasteiger partial charge on any atom is 0.276 e. The standard InChI is InChI=1S/C20H19ClN4O3S/c1-4-29-20-23-19(26)17-11-7-5-6-8-14(11)22-18(25(17)24-20)12-9-15(27-2)16(28-3)10-13(12)21/h5-10,18H,4H2,1-3H3,(H,23,24,26)/t18-/m1/s1. The highest BCUT2D eigenvalue weighted by Crippen LogP contribution is 2.40. The van der Waals surface area contributed by atoms with Crippen LogP contribution in [0.4, 0.5) is 0 Å². The molecule has 1 atom stereocenters. The highest BCUT2D eigenvalue weighted by molar-refractivity contribution is 8.13. The van der Waals surface area contributed by atoms with Gasteiger partial charge < -0.3 is 9.47 Å². The van der Waals surface area contributed by atoms with Crippen LogP contribution in [0.5, 0.6) is 11.5 Å². The first-order chi connectivity index (χ1) is 14.1. The van der Waals surface area contributed by atoms with Gasteiger partial charge in [0.2, 0.25) is 0 Å². The number of hydrogen-bond donors (Lipinski definition) is 1. The molecule has 0 unspecified atom stereocenters. The van der Waals surface area contributed by atoms with Gasteiger partial charge in [0.25, 0.3) is 5.91 Å². The van der Waals surface area contributed by atoms with Crippen molar-refractivity contribution in [3.63, 3.8) is 0 Å². The summed E-state index contributed by atoms with van der Waals surface area (Å²) in [6.45, 7) is 2.00. The predicted molar refractivity (Wildman–Crippen MR) is 113 cm³/mol. The van der Waals surface area contributed by atoms with E-state index in [1.54, 1.807) is 31.4 Å². The molecular weight excluding hydrogens is 412 g/mol. The van der Waals surface area contributed by atoms with Crippen LogP contribution in [-0.2, 0) is 4.79 Å². The van der Waals surface area contributed by atoms with E-state index in [-0.39, 0.29) is 5.91 Å². The maximum atomic E-state index is 13.0. The van der Waals surface area contributed by atoms with Crippen LogP contribution < -0.4 is 25.4 Å². The number of methoxy groups -OCH3 is 2. The zero-order chi connectivity index (χ0) is 20.5. The SMILES string of the molecule is CCSC1=NN2C(=c3ccccc3=N[C@H]2c2cc(OC)c(OC)cc2Cl)C(=O)N1. The summed E-state index contributed by atoms with van der Waals surface area (Å²) in [4.78, 5) is 17.8. The largest absolute Gasteiger partial charge is 0.493 e. The van der Waals surface area contributed by atoms with E-state index in [1.165, 1.54) is 11.8 Å². The van der Waals surface area contributed by atoms with Gasteiger partial charge in [-0.05, 0) is 17.9 Å². The Kier molecular flexibility index (Phi) is 5.38. The number of carbonyl (C=O) groups is 1. The number of nitrogens with zero attached hydrogens (tertiary/aromatic N) is 3. The minimum absolute atomic E-state index is 0.222. The molecule has 0 bridgehead atoms. The second-order valence-electron chi connectivity index (χ2n) is 6.23. The Labute approximate surface area is 177 Å². The quantitative estimate of drug-likeness (QED) is 0.805. The zero-order valence-corrected chi connectivity index (χ0v) is 17.7. The van der Waals surface area contributed by atoms with E-state index in [4.69, 9.17) is 26.1 Å². The lowest BCUT2D eigenvalue weighted by Crippen LogP contribution is -2.50. The first-order valence-corrected chi connectivity index (χ1v) is 10.3. The summed E-state index contributed by atoms with van der Waals surface area (Å²) < 4.78 is 10.8. The molecule has 0 spiro atoms. The van der Waals surface area contributed by atoms with E-state index in [0.717, 1.165) is 11.0 Å². The van der Waals surface area contributed by atoms with Crippen LogP contribution in [0.3, 0.4) is 0 Å². The van der Waals surface area contributed by atoms with E-state index in [0.29, 0.717) is 38.3 Å². The molecule has 150 valence electrons. The van der Waals surface area contributed by atoms with Crippen molar-refractivity contribution in [2.75, 3.05) is 20.0 Å². The van der Waals surface area contributed by atoms with Crippen molar-refractivity contribution in [3.05, 3.63) is 57.6 Å². The fourth-order valence-electron chi connectivity index (χ4n) is 3.30. The van der Waals surface area contributed by atoms with Crippen molar-refractivity contribution in [3.8, 4) is 11.5 Å². The fraction of sp³-hybridized carbons (Fsp3) is 0.250. The normalized spacial score (nSPS) is 17.6. The summed E-state index contributed by atoms with van der Waals surface area (Å²) in [5, 5.41) is 11.5. The molecule has 0 saturated carbocycles. The monoisotopic (exact) mass is 430 g/mol. The minimum atomic E-state index is -0.620. The van der Waals surface area contributed by atoms with Crippen molar-refractivity contribution >= 4 is 40.1 Å². The Morgan fingerprint density at radius 1 is 1.21 bits per heavy atom. The Morgan fingerprint density at radius 2 is 1.93 bits per heavy atom. The average Bonchev–Trinajstić information content (AvgIpc) is 2.73. The molecule has 0 fully saturated rings. The molecule has 0 radical (unpaired) electrons. The molecule has 2 aromatic rings. The number of hydrazone groups is 1. The summed E-state index contributed by atoms with van der Waals surface area (Å²) in [6, 6.07) is 10.9. The number of thioether (sulfide) groups is 1. The van der Waals surface area contributed by atoms with E-state index in [9.17, 15) is 4.79 Å². The van der Waals surface area contributed by atoms with Crippen LogP contribution in [0.15, 0.2) is 46.5 Å². The number of fused-ring (bicyclic) bond motifs is 2. The number of amides is 1. The van der Waals surface area contributed by atoms with Crippen molar-refractivity contribution in [2.24, 2.45) is 10.1 Å². The van der Waals surface area contributed by atoms with E-state index < -0.39 is 6.17 Å². The number of benzene rings is 2. The Morgan fingerprint density at radius 3 is 2.66 bits per heavy atom. The number of rotatable bonds is 4. The summed E-state index contributed by atoms with van der Waals surface area (Å²) in [6.07, 6.45) is -0.620. The molecule has 7 nitrogen and oxygen atoms in total. The van der Waals surface area contributed by atoms with Gasteiger partial charge in [0, 0.05) is 16.8 Å². The highest BCUT2D eigenvalue weighted by atomic mass is 35.5. The van der Waals surface area contributed by atoms with Crippen LogP contribution in [-0.4, -0.2) is 36.1 Å². The lowest BCUT2D eigenvalue weighted by atomic mass is 10.1. The van der Waals surface area contributed by atoms with Crippen molar-refractivity contribution in [1.29, 1.82) is 0 Å². The molecule has 1 N–H and O–H groups in total. The Hall–Kier alpha value is -2.71. The molecule has 0 saturated heterocycles. The van der Waals surface area contributed by atoms with Crippen LogP contribution >= 0.6 is 23.4 Å². The molecule has 2 aromatic carbocycles. The maximum absolute atomic E-state index is 13.0. The Balaban J connectivity index is 1.96. The highest BCUT2D eigenvalue weighted by Gasteiger charge is 2.35. The van der Waals surface area contributed by atoms with Crippen molar-refractivity contribution < 1.29 is 14.3 Å². The second-order valence-corrected chi connectivity index (χ2v) is 7.89. The molecule has 1 amide bonds. The fourth-order valence-corrected chi connectivity index (χ4v) is 4.13. The predicted octanol–water partition coefficient (Wildman–Crippen LogP) is 2.25. The summed E-state index contributed by atoms with van der Waals surface area (Å²) >= 11 is 8.03. The lowest BCUT2D eigenvalue weighted by Gasteiger charge is -2.34. The van der Waals surface area contributed by atoms with Gasteiger partial charge in [0.15, 0.2) is 22.8 Å². The first-order valence-electron chi connectivity index (χ1n) is 8.98. The molecule has 29 heavy (non-hydrogen) atoms.